The number of nitrogens with zero attached hydrogens (tertiary/aromatic N) is 2. The molecule has 0 bridgehead atoms. The van der Waals surface area contributed by atoms with E-state index < -0.39 is 0 Å². The van der Waals surface area contributed by atoms with Crippen molar-refractivity contribution in [3.05, 3.63) is 29.6 Å². The van der Waals surface area contributed by atoms with Gasteiger partial charge in [-0.05, 0) is 50.7 Å². The first-order chi connectivity index (χ1) is 6.74. The van der Waals surface area contributed by atoms with E-state index in [4.69, 9.17) is 5.73 Å². The van der Waals surface area contributed by atoms with Crippen LogP contribution in [0.25, 0.3) is 0 Å². The number of aryl methyl sites for hydroxylation is 1. The molecule has 0 spiro atoms. The number of rotatable bonds is 5. The lowest BCUT2D eigenvalue weighted by Gasteiger charge is -2.16. The lowest BCUT2D eigenvalue weighted by molar-refractivity contribution is 0.323. The van der Waals surface area contributed by atoms with Crippen LogP contribution in [0.2, 0.25) is 0 Å². The van der Waals surface area contributed by atoms with E-state index in [2.05, 4.69) is 23.9 Å². The maximum absolute atomic E-state index is 5.46. The molecule has 1 aromatic heterocycles. The van der Waals surface area contributed by atoms with Gasteiger partial charge in [-0.2, -0.15) is 0 Å². The average molecular weight is 193 g/mol. The average Bonchev–Trinajstić information content (AvgIpc) is 2.18. The van der Waals surface area contributed by atoms with E-state index in [-0.39, 0.29) is 0 Å². The molecule has 0 aliphatic heterocycles. The van der Waals surface area contributed by atoms with Gasteiger partial charge in [-0.3, -0.25) is 4.98 Å². The van der Waals surface area contributed by atoms with Gasteiger partial charge in [-0.1, -0.05) is 0 Å². The maximum Gasteiger partial charge on any atom is 0.0315 e. The second-order valence-corrected chi connectivity index (χ2v) is 3.68. The summed E-state index contributed by atoms with van der Waals surface area (Å²) in [5.74, 6) is 0. The van der Waals surface area contributed by atoms with Crippen molar-refractivity contribution in [2.45, 2.75) is 19.9 Å². The fourth-order valence-corrected chi connectivity index (χ4v) is 1.39. The lowest BCUT2D eigenvalue weighted by atomic mass is 10.1. The summed E-state index contributed by atoms with van der Waals surface area (Å²) in [6.07, 6.45) is 4.82. The molecule has 0 amide bonds. The van der Waals surface area contributed by atoms with Gasteiger partial charge < -0.3 is 10.6 Å². The molecule has 3 heteroatoms. The highest BCUT2D eigenvalue weighted by Gasteiger charge is 2.01. The quantitative estimate of drug-likeness (QED) is 0.763. The normalized spacial score (nSPS) is 10.9. The Bertz CT molecular complexity index is 273. The van der Waals surface area contributed by atoms with Crippen LogP contribution in [0.4, 0.5) is 0 Å². The van der Waals surface area contributed by atoms with Gasteiger partial charge in [-0.15, -0.1) is 0 Å². The molecule has 0 fully saturated rings. The molecule has 0 radical (unpaired) electrons. The molecular formula is C11H19N3. The Morgan fingerprint density at radius 3 is 2.93 bits per heavy atom. The SMILES string of the molecule is Cc1ccncc1CN(C)CCCN. The molecule has 0 aliphatic carbocycles. The van der Waals surface area contributed by atoms with Gasteiger partial charge in [-0.25, -0.2) is 0 Å². The Kier molecular flexibility index (Phi) is 4.56. The van der Waals surface area contributed by atoms with Crippen LogP contribution in [-0.4, -0.2) is 30.0 Å². The van der Waals surface area contributed by atoms with Gasteiger partial charge in [0.2, 0.25) is 0 Å². The molecule has 3 nitrogen and oxygen atoms in total. The molecule has 0 aliphatic rings. The number of nitrogens with two attached hydrogens (primary N) is 1. The summed E-state index contributed by atoms with van der Waals surface area (Å²) in [6.45, 7) is 4.88. The van der Waals surface area contributed by atoms with Crippen molar-refractivity contribution in [1.82, 2.24) is 9.88 Å². The number of aromatic nitrogens is 1. The smallest absolute Gasteiger partial charge is 0.0315 e. The third kappa shape index (κ3) is 3.44. The Labute approximate surface area is 85.9 Å². The first-order valence-corrected chi connectivity index (χ1v) is 5.02. The number of pyridine rings is 1. The summed E-state index contributed by atoms with van der Waals surface area (Å²) >= 11 is 0. The molecule has 2 N–H and O–H groups in total. The summed E-state index contributed by atoms with van der Waals surface area (Å²) in [7, 11) is 2.11. The van der Waals surface area contributed by atoms with Gasteiger partial charge >= 0.3 is 0 Å². The van der Waals surface area contributed by atoms with Crippen LogP contribution in [0.5, 0.6) is 0 Å². The highest BCUT2D eigenvalue weighted by Crippen LogP contribution is 2.07. The Balaban J connectivity index is 2.47. The molecule has 0 saturated carbocycles. The van der Waals surface area contributed by atoms with Crippen LogP contribution in [0, 0.1) is 6.92 Å². The fourth-order valence-electron chi connectivity index (χ4n) is 1.39. The van der Waals surface area contributed by atoms with Crippen molar-refractivity contribution in [2.75, 3.05) is 20.1 Å². The summed E-state index contributed by atoms with van der Waals surface area (Å²) in [5.41, 5.74) is 8.06. The molecule has 14 heavy (non-hydrogen) atoms. The van der Waals surface area contributed by atoms with Crippen molar-refractivity contribution in [3.63, 3.8) is 0 Å². The molecule has 0 unspecified atom stereocenters. The van der Waals surface area contributed by atoms with E-state index in [0.717, 1.165) is 26.1 Å². The van der Waals surface area contributed by atoms with E-state index in [9.17, 15) is 0 Å². The van der Waals surface area contributed by atoms with Gasteiger partial charge in [0.1, 0.15) is 0 Å². The predicted molar refractivity (Wildman–Crippen MR) is 59.0 cm³/mol. The summed E-state index contributed by atoms with van der Waals surface area (Å²) in [4.78, 5) is 6.40. The minimum atomic E-state index is 0.760. The Hall–Kier alpha value is -0.930. The standard InChI is InChI=1S/C11H19N3/c1-10-4-6-13-8-11(10)9-14(2)7-3-5-12/h4,6,8H,3,5,7,9,12H2,1-2H3. The van der Waals surface area contributed by atoms with E-state index in [1.54, 1.807) is 0 Å². The zero-order valence-corrected chi connectivity index (χ0v) is 9.03. The fraction of sp³-hybridized carbons (Fsp3) is 0.545. The second-order valence-electron chi connectivity index (χ2n) is 3.68. The molecule has 1 rings (SSSR count). The third-order valence-corrected chi connectivity index (χ3v) is 2.33. The van der Waals surface area contributed by atoms with Crippen molar-refractivity contribution in [2.24, 2.45) is 5.73 Å². The van der Waals surface area contributed by atoms with E-state index >= 15 is 0 Å². The second kappa shape index (κ2) is 5.73. The van der Waals surface area contributed by atoms with Gasteiger partial charge in [0.15, 0.2) is 0 Å². The summed E-state index contributed by atoms with van der Waals surface area (Å²) in [6, 6.07) is 2.05. The molecule has 0 aromatic carbocycles. The summed E-state index contributed by atoms with van der Waals surface area (Å²) in [5, 5.41) is 0. The van der Waals surface area contributed by atoms with Crippen LogP contribution in [0.1, 0.15) is 17.5 Å². The number of hydrogen-bond donors (Lipinski definition) is 1. The first kappa shape index (κ1) is 11.1. The molecule has 1 heterocycles. The monoisotopic (exact) mass is 193 g/mol. The highest BCUT2D eigenvalue weighted by atomic mass is 15.1. The van der Waals surface area contributed by atoms with E-state index in [1.165, 1.54) is 11.1 Å². The molecular weight excluding hydrogens is 174 g/mol. The first-order valence-electron chi connectivity index (χ1n) is 5.02. The largest absolute Gasteiger partial charge is 0.330 e. The van der Waals surface area contributed by atoms with Crippen molar-refractivity contribution in [1.29, 1.82) is 0 Å². The molecule has 1 aromatic rings. The zero-order chi connectivity index (χ0) is 10.4. The van der Waals surface area contributed by atoms with Gasteiger partial charge in [0.05, 0.1) is 0 Å². The molecule has 0 saturated heterocycles. The Morgan fingerprint density at radius 2 is 2.29 bits per heavy atom. The maximum atomic E-state index is 5.46. The molecule has 0 atom stereocenters. The zero-order valence-electron chi connectivity index (χ0n) is 9.03. The van der Waals surface area contributed by atoms with Crippen molar-refractivity contribution < 1.29 is 0 Å². The predicted octanol–water partition coefficient (Wildman–Crippen LogP) is 1.17. The van der Waals surface area contributed by atoms with Crippen molar-refractivity contribution in [3.8, 4) is 0 Å². The molecule has 78 valence electrons. The van der Waals surface area contributed by atoms with Gasteiger partial charge in [0.25, 0.3) is 0 Å². The van der Waals surface area contributed by atoms with Gasteiger partial charge in [0, 0.05) is 18.9 Å². The van der Waals surface area contributed by atoms with Crippen LogP contribution in [0.3, 0.4) is 0 Å². The Morgan fingerprint density at radius 1 is 1.50 bits per heavy atom. The van der Waals surface area contributed by atoms with Crippen molar-refractivity contribution >= 4 is 0 Å². The minimum Gasteiger partial charge on any atom is -0.330 e. The van der Waals surface area contributed by atoms with Crippen LogP contribution in [0.15, 0.2) is 18.5 Å². The van der Waals surface area contributed by atoms with Crippen LogP contribution >= 0.6 is 0 Å². The van der Waals surface area contributed by atoms with Crippen LogP contribution < -0.4 is 5.73 Å². The number of hydrogen-bond acceptors (Lipinski definition) is 3. The summed E-state index contributed by atoms with van der Waals surface area (Å²) < 4.78 is 0. The minimum absolute atomic E-state index is 0.760. The third-order valence-electron chi connectivity index (χ3n) is 2.33. The van der Waals surface area contributed by atoms with Crippen LogP contribution in [-0.2, 0) is 6.54 Å². The van der Waals surface area contributed by atoms with E-state index in [0.29, 0.717) is 0 Å². The topological polar surface area (TPSA) is 42.2 Å². The lowest BCUT2D eigenvalue weighted by Crippen LogP contribution is -2.21. The highest BCUT2D eigenvalue weighted by molar-refractivity contribution is 5.20. The van der Waals surface area contributed by atoms with E-state index in [1.807, 2.05) is 18.5 Å².